The lowest BCUT2D eigenvalue weighted by atomic mass is 10.2. The third-order valence-corrected chi connectivity index (χ3v) is 6.30. The summed E-state index contributed by atoms with van der Waals surface area (Å²) in [5, 5.41) is 5.88. The van der Waals surface area contributed by atoms with Crippen molar-refractivity contribution in [3.63, 3.8) is 0 Å². The summed E-state index contributed by atoms with van der Waals surface area (Å²) in [6.45, 7) is 7.74. The minimum atomic E-state index is -3.78. The average Bonchev–Trinajstić information content (AvgIpc) is 2.94. The number of morpholine rings is 1. The lowest BCUT2D eigenvalue weighted by Crippen LogP contribution is -2.48. The predicted octanol–water partition coefficient (Wildman–Crippen LogP) is 1.43. The SMILES string of the molecule is CCn1c(SCC(=O)N2C[C@@H](C)O[C@H](C)C2)nc2cc(S(N)(=O)=O)ccc21. The van der Waals surface area contributed by atoms with E-state index in [9.17, 15) is 13.2 Å². The molecule has 2 atom stereocenters. The second-order valence-electron chi connectivity index (χ2n) is 6.68. The normalized spacial score (nSPS) is 21.0. The monoisotopic (exact) mass is 412 g/mol. The van der Waals surface area contributed by atoms with E-state index in [0.29, 0.717) is 30.3 Å². The van der Waals surface area contributed by atoms with Crippen molar-refractivity contribution in [2.45, 2.75) is 49.6 Å². The van der Waals surface area contributed by atoms with E-state index in [1.165, 1.54) is 23.9 Å². The Morgan fingerprint density at radius 1 is 1.33 bits per heavy atom. The maximum absolute atomic E-state index is 12.6. The van der Waals surface area contributed by atoms with Crippen molar-refractivity contribution in [1.82, 2.24) is 14.5 Å². The number of aromatic nitrogens is 2. The van der Waals surface area contributed by atoms with Gasteiger partial charge in [-0.1, -0.05) is 11.8 Å². The molecule has 0 radical (unpaired) electrons. The summed E-state index contributed by atoms with van der Waals surface area (Å²) in [4.78, 5) is 18.9. The van der Waals surface area contributed by atoms with E-state index < -0.39 is 10.0 Å². The predicted molar refractivity (Wildman–Crippen MR) is 104 cm³/mol. The molecule has 1 aliphatic rings. The van der Waals surface area contributed by atoms with Gasteiger partial charge in [0.1, 0.15) is 0 Å². The highest BCUT2D eigenvalue weighted by Crippen LogP contribution is 2.26. The quantitative estimate of drug-likeness (QED) is 0.745. The zero-order chi connectivity index (χ0) is 19.8. The lowest BCUT2D eigenvalue weighted by Gasteiger charge is -2.35. The van der Waals surface area contributed by atoms with Crippen molar-refractivity contribution in [1.29, 1.82) is 0 Å². The molecule has 2 heterocycles. The highest BCUT2D eigenvalue weighted by molar-refractivity contribution is 7.99. The van der Waals surface area contributed by atoms with Crippen LogP contribution >= 0.6 is 11.8 Å². The van der Waals surface area contributed by atoms with Gasteiger partial charge in [-0.05, 0) is 39.0 Å². The van der Waals surface area contributed by atoms with Crippen LogP contribution in [0.5, 0.6) is 0 Å². The molecule has 1 saturated heterocycles. The van der Waals surface area contributed by atoms with Crippen LogP contribution < -0.4 is 5.14 Å². The number of primary sulfonamides is 1. The first-order valence-corrected chi connectivity index (χ1v) is 11.3. The fourth-order valence-corrected chi connectivity index (χ4v) is 4.79. The van der Waals surface area contributed by atoms with E-state index in [1.807, 2.05) is 30.2 Å². The van der Waals surface area contributed by atoms with Gasteiger partial charge in [0.25, 0.3) is 0 Å². The molecule has 1 aliphatic heterocycles. The molecule has 3 rings (SSSR count). The Morgan fingerprint density at radius 3 is 2.59 bits per heavy atom. The molecule has 2 aromatic rings. The third kappa shape index (κ3) is 4.45. The smallest absolute Gasteiger partial charge is 0.238 e. The Balaban J connectivity index is 1.79. The summed E-state index contributed by atoms with van der Waals surface area (Å²) in [5.74, 6) is 0.312. The van der Waals surface area contributed by atoms with Crippen LogP contribution in [0.4, 0.5) is 0 Å². The summed E-state index contributed by atoms with van der Waals surface area (Å²) in [6.07, 6.45) is 0.0547. The first-order chi connectivity index (χ1) is 12.7. The highest BCUT2D eigenvalue weighted by atomic mass is 32.2. The Morgan fingerprint density at radius 2 is 2.00 bits per heavy atom. The second kappa shape index (κ2) is 7.78. The molecule has 1 amide bonds. The molecule has 0 aliphatic carbocycles. The molecule has 1 fully saturated rings. The number of sulfonamides is 1. The van der Waals surface area contributed by atoms with Gasteiger partial charge >= 0.3 is 0 Å². The van der Waals surface area contributed by atoms with Crippen LogP contribution in [0, 0.1) is 0 Å². The number of fused-ring (bicyclic) bond motifs is 1. The van der Waals surface area contributed by atoms with Crippen LogP contribution in [0.1, 0.15) is 20.8 Å². The summed E-state index contributed by atoms with van der Waals surface area (Å²) >= 11 is 1.35. The molecule has 2 N–H and O–H groups in total. The molecule has 8 nitrogen and oxygen atoms in total. The number of imidazole rings is 1. The van der Waals surface area contributed by atoms with Gasteiger partial charge < -0.3 is 14.2 Å². The first-order valence-electron chi connectivity index (χ1n) is 8.78. The molecule has 10 heteroatoms. The zero-order valence-electron chi connectivity index (χ0n) is 15.6. The number of ether oxygens (including phenoxy) is 1. The van der Waals surface area contributed by atoms with Crippen LogP contribution in [-0.2, 0) is 26.1 Å². The summed E-state index contributed by atoms with van der Waals surface area (Å²) in [7, 11) is -3.78. The van der Waals surface area contributed by atoms with Crippen molar-refractivity contribution in [3.05, 3.63) is 18.2 Å². The average molecular weight is 413 g/mol. The standard InChI is InChI=1S/C17H24N4O4S2/c1-4-21-15-6-5-13(27(18,23)24)7-14(15)19-17(21)26-10-16(22)20-8-11(2)25-12(3)9-20/h5-7,11-12H,4,8-10H2,1-3H3,(H2,18,23,24)/t11-,12-/m1/s1. The van der Waals surface area contributed by atoms with Gasteiger partial charge in [-0.15, -0.1) is 0 Å². The van der Waals surface area contributed by atoms with Crippen molar-refractivity contribution in [2.24, 2.45) is 5.14 Å². The van der Waals surface area contributed by atoms with E-state index in [0.717, 1.165) is 5.52 Å². The number of amides is 1. The maximum atomic E-state index is 12.6. The molecule has 148 valence electrons. The number of nitrogens with two attached hydrogens (primary N) is 1. The number of aryl methyl sites for hydroxylation is 1. The van der Waals surface area contributed by atoms with Gasteiger partial charge in [-0.3, -0.25) is 4.79 Å². The van der Waals surface area contributed by atoms with Gasteiger partial charge in [0.15, 0.2) is 5.16 Å². The molecule has 1 aromatic carbocycles. The Labute approximate surface area is 163 Å². The molecule has 27 heavy (non-hydrogen) atoms. The first kappa shape index (κ1) is 20.1. The largest absolute Gasteiger partial charge is 0.372 e. The molecule has 0 unspecified atom stereocenters. The van der Waals surface area contributed by atoms with Gasteiger partial charge in [-0.2, -0.15) is 0 Å². The van der Waals surface area contributed by atoms with Gasteiger partial charge in [-0.25, -0.2) is 18.5 Å². The highest BCUT2D eigenvalue weighted by Gasteiger charge is 2.26. The van der Waals surface area contributed by atoms with Crippen LogP contribution in [-0.4, -0.2) is 59.8 Å². The van der Waals surface area contributed by atoms with E-state index >= 15 is 0 Å². The number of hydrogen-bond acceptors (Lipinski definition) is 6. The Bertz CT molecular complexity index is 947. The maximum Gasteiger partial charge on any atom is 0.238 e. The molecular formula is C17H24N4O4S2. The number of rotatable bonds is 5. The molecule has 0 spiro atoms. The number of benzene rings is 1. The second-order valence-corrected chi connectivity index (χ2v) is 9.18. The van der Waals surface area contributed by atoms with E-state index in [2.05, 4.69) is 4.98 Å². The van der Waals surface area contributed by atoms with Crippen molar-refractivity contribution >= 4 is 38.7 Å². The third-order valence-electron chi connectivity index (χ3n) is 4.43. The molecule has 0 saturated carbocycles. The number of carbonyl (C=O) groups excluding carboxylic acids is 1. The van der Waals surface area contributed by atoms with Gasteiger partial charge in [0.2, 0.25) is 15.9 Å². The summed E-state index contributed by atoms with van der Waals surface area (Å²) < 4.78 is 30.7. The van der Waals surface area contributed by atoms with E-state index in [1.54, 1.807) is 6.07 Å². The van der Waals surface area contributed by atoms with Crippen molar-refractivity contribution in [3.8, 4) is 0 Å². The lowest BCUT2D eigenvalue weighted by molar-refractivity contribution is -0.140. The van der Waals surface area contributed by atoms with Crippen LogP contribution in [0.3, 0.4) is 0 Å². The van der Waals surface area contributed by atoms with Crippen molar-refractivity contribution in [2.75, 3.05) is 18.8 Å². The molecular weight excluding hydrogens is 388 g/mol. The van der Waals surface area contributed by atoms with E-state index in [4.69, 9.17) is 9.88 Å². The minimum Gasteiger partial charge on any atom is -0.372 e. The Hall–Kier alpha value is -1.62. The van der Waals surface area contributed by atoms with Gasteiger partial charge in [0.05, 0.1) is 33.9 Å². The zero-order valence-corrected chi connectivity index (χ0v) is 17.2. The van der Waals surface area contributed by atoms with Crippen LogP contribution in [0.2, 0.25) is 0 Å². The molecule has 1 aromatic heterocycles. The number of thioether (sulfide) groups is 1. The number of carbonyl (C=O) groups is 1. The summed E-state index contributed by atoms with van der Waals surface area (Å²) in [5.41, 5.74) is 1.36. The van der Waals surface area contributed by atoms with Gasteiger partial charge in [0, 0.05) is 19.6 Å². The van der Waals surface area contributed by atoms with Crippen LogP contribution in [0.25, 0.3) is 11.0 Å². The number of hydrogen-bond donors (Lipinski definition) is 1. The number of nitrogens with zero attached hydrogens (tertiary/aromatic N) is 3. The van der Waals surface area contributed by atoms with Crippen LogP contribution in [0.15, 0.2) is 28.3 Å². The Kier molecular flexibility index (Phi) is 5.80. The molecule has 0 bridgehead atoms. The fraction of sp³-hybridized carbons (Fsp3) is 0.529. The summed E-state index contributed by atoms with van der Waals surface area (Å²) in [6, 6.07) is 4.64. The fourth-order valence-electron chi connectivity index (χ4n) is 3.28. The minimum absolute atomic E-state index is 0.0274. The van der Waals surface area contributed by atoms with Crippen molar-refractivity contribution < 1.29 is 17.9 Å². The van der Waals surface area contributed by atoms with E-state index in [-0.39, 0.29) is 28.8 Å². The topological polar surface area (TPSA) is 108 Å².